The highest BCUT2D eigenvalue weighted by Crippen LogP contribution is 2.10. The van der Waals surface area contributed by atoms with Gasteiger partial charge in [0, 0.05) is 38.5 Å². The predicted octanol–water partition coefficient (Wildman–Crippen LogP) is 0.241. The molecule has 1 aliphatic heterocycles. The predicted molar refractivity (Wildman–Crippen MR) is 66.3 cm³/mol. The molecule has 0 aromatic heterocycles. The molecule has 1 fully saturated rings. The second-order valence-corrected chi connectivity index (χ2v) is 4.86. The number of nitrogens with one attached hydrogen (secondary N) is 1. The molecular formula is C12H23N3O2. The van der Waals surface area contributed by atoms with Crippen LogP contribution in [0.25, 0.3) is 0 Å². The van der Waals surface area contributed by atoms with Gasteiger partial charge in [-0.1, -0.05) is 0 Å². The summed E-state index contributed by atoms with van der Waals surface area (Å²) in [7, 11) is 0. The van der Waals surface area contributed by atoms with E-state index in [0.717, 1.165) is 32.4 Å². The zero-order valence-corrected chi connectivity index (χ0v) is 10.7. The summed E-state index contributed by atoms with van der Waals surface area (Å²) < 4.78 is 0. The first-order valence-corrected chi connectivity index (χ1v) is 6.29. The van der Waals surface area contributed by atoms with E-state index in [1.165, 1.54) is 0 Å². The number of hydrogen-bond donors (Lipinski definition) is 2. The number of nitrogens with two attached hydrogens (primary N) is 1. The second kappa shape index (κ2) is 6.59. The molecular weight excluding hydrogens is 218 g/mol. The summed E-state index contributed by atoms with van der Waals surface area (Å²) >= 11 is 0. The van der Waals surface area contributed by atoms with Crippen molar-refractivity contribution in [2.24, 2.45) is 5.73 Å². The number of nitrogens with zero attached hydrogens (tertiary/aromatic N) is 1. The van der Waals surface area contributed by atoms with E-state index in [4.69, 9.17) is 5.73 Å². The monoisotopic (exact) mass is 241 g/mol. The van der Waals surface area contributed by atoms with Gasteiger partial charge in [0.15, 0.2) is 0 Å². The van der Waals surface area contributed by atoms with Crippen LogP contribution in [0.3, 0.4) is 0 Å². The minimum Gasteiger partial charge on any atom is -0.353 e. The minimum absolute atomic E-state index is 0.0697. The molecule has 1 saturated heterocycles. The van der Waals surface area contributed by atoms with E-state index in [9.17, 15) is 9.59 Å². The van der Waals surface area contributed by atoms with Gasteiger partial charge in [-0.3, -0.25) is 9.59 Å². The van der Waals surface area contributed by atoms with Crippen molar-refractivity contribution < 1.29 is 9.59 Å². The molecule has 1 heterocycles. The molecule has 0 aromatic carbocycles. The maximum Gasteiger partial charge on any atom is 0.220 e. The van der Waals surface area contributed by atoms with Gasteiger partial charge in [-0.05, 0) is 26.2 Å². The van der Waals surface area contributed by atoms with Gasteiger partial charge in [-0.25, -0.2) is 0 Å². The summed E-state index contributed by atoms with van der Waals surface area (Å²) in [5, 5.41) is 3.00. The fourth-order valence-electron chi connectivity index (χ4n) is 2.00. The zero-order valence-electron chi connectivity index (χ0n) is 10.7. The Morgan fingerprint density at radius 3 is 2.47 bits per heavy atom. The summed E-state index contributed by atoms with van der Waals surface area (Å²) in [5.74, 6) is 0.190. The molecule has 0 bridgehead atoms. The van der Waals surface area contributed by atoms with E-state index < -0.39 is 0 Å². The number of rotatable bonds is 4. The summed E-state index contributed by atoms with van der Waals surface area (Å²) in [5.41, 5.74) is 5.60. The third-order valence-corrected chi connectivity index (χ3v) is 3.13. The zero-order chi connectivity index (χ0) is 12.8. The topological polar surface area (TPSA) is 75.4 Å². The van der Waals surface area contributed by atoms with E-state index >= 15 is 0 Å². The fourth-order valence-corrected chi connectivity index (χ4v) is 2.00. The molecule has 5 nitrogen and oxygen atoms in total. The lowest BCUT2D eigenvalue weighted by Crippen LogP contribution is -2.46. The lowest BCUT2D eigenvalue weighted by atomic mass is 10.0. The number of piperidine rings is 1. The lowest BCUT2D eigenvalue weighted by molar-refractivity contribution is -0.130. The molecule has 0 aromatic rings. The van der Waals surface area contributed by atoms with Crippen molar-refractivity contribution in [3.8, 4) is 0 Å². The molecule has 1 atom stereocenters. The lowest BCUT2D eigenvalue weighted by Gasteiger charge is -2.31. The maximum atomic E-state index is 11.6. The molecule has 2 amide bonds. The van der Waals surface area contributed by atoms with Crippen LogP contribution in [0, 0.1) is 0 Å². The van der Waals surface area contributed by atoms with Crippen LogP contribution in [0.4, 0.5) is 0 Å². The Bertz CT molecular complexity index is 271. The van der Waals surface area contributed by atoms with Crippen LogP contribution in [0.2, 0.25) is 0 Å². The van der Waals surface area contributed by atoms with Crippen LogP contribution in [-0.4, -0.2) is 41.9 Å². The Morgan fingerprint density at radius 2 is 2.00 bits per heavy atom. The molecule has 1 rings (SSSR count). The molecule has 0 saturated carbocycles. The first kappa shape index (κ1) is 14.0. The molecule has 1 aliphatic rings. The molecule has 98 valence electrons. The third-order valence-electron chi connectivity index (χ3n) is 3.13. The van der Waals surface area contributed by atoms with Gasteiger partial charge in [0.05, 0.1) is 0 Å². The quantitative estimate of drug-likeness (QED) is 0.740. The summed E-state index contributed by atoms with van der Waals surface area (Å²) in [4.78, 5) is 24.5. The van der Waals surface area contributed by atoms with Crippen LogP contribution in [0.1, 0.15) is 39.5 Å². The van der Waals surface area contributed by atoms with Gasteiger partial charge in [-0.15, -0.1) is 0 Å². The van der Waals surface area contributed by atoms with Crippen molar-refractivity contribution in [3.63, 3.8) is 0 Å². The van der Waals surface area contributed by atoms with Crippen LogP contribution >= 0.6 is 0 Å². The first-order chi connectivity index (χ1) is 7.99. The standard InChI is InChI=1S/C12H23N3O2/c1-9(13)3-4-12(17)14-11-5-7-15(8-6-11)10(2)16/h9,11H,3-8,13H2,1-2H3,(H,14,17). The number of hydrogen-bond acceptors (Lipinski definition) is 3. The van der Waals surface area contributed by atoms with E-state index in [1.807, 2.05) is 11.8 Å². The third kappa shape index (κ3) is 5.17. The molecule has 5 heteroatoms. The molecule has 0 radical (unpaired) electrons. The van der Waals surface area contributed by atoms with Crippen LogP contribution in [0.15, 0.2) is 0 Å². The highest BCUT2D eigenvalue weighted by Gasteiger charge is 2.21. The van der Waals surface area contributed by atoms with Crippen LogP contribution in [-0.2, 0) is 9.59 Å². The average Bonchev–Trinajstić information content (AvgIpc) is 2.27. The SMILES string of the molecule is CC(=O)N1CCC(NC(=O)CCC(C)N)CC1. The van der Waals surface area contributed by atoms with Gasteiger partial charge < -0.3 is 16.0 Å². The van der Waals surface area contributed by atoms with E-state index in [1.54, 1.807) is 6.92 Å². The summed E-state index contributed by atoms with van der Waals surface area (Å²) in [6.45, 7) is 4.97. The number of carbonyl (C=O) groups excluding carboxylic acids is 2. The van der Waals surface area contributed by atoms with E-state index in [0.29, 0.717) is 6.42 Å². The normalized spacial score (nSPS) is 18.9. The van der Waals surface area contributed by atoms with Crippen molar-refractivity contribution in [3.05, 3.63) is 0 Å². The highest BCUT2D eigenvalue weighted by atomic mass is 16.2. The summed E-state index contributed by atoms with van der Waals surface area (Å²) in [6.07, 6.45) is 2.91. The second-order valence-electron chi connectivity index (χ2n) is 4.86. The largest absolute Gasteiger partial charge is 0.353 e. The Hall–Kier alpha value is -1.10. The van der Waals surface area contributed by atoms with Gasteiger partial charge >= 0.3 is 0 Å². The number of likely N-dealkylation sites (tertiary alicyclic amines) is 1. The average molecular weight is 241 g/mol. The molecule has 0 spiro atoms. The highest BCUT2D eigenvalue weighted by molar-refractivity contribution is 5.76. The van der Waals surface area contributed by atoms with Gasteiger partial charge in [-0.2, -0.15) is 0 Å². The maximum absolute atomic E-state index is 11.6. The molecule has 17 heavy (non-hydrogen) atoms. The molecule has 3 N–H and O–H groups in total. The van der Waals surface area contributed by atoms with Crippen molar-refractivity contribution in [2.75, 3.05) is 13.1 Å². The van der Waals surface area contributed by atoms with Gasteiger partial charge in [0.1, 0.15) is 0 Å². The smallest absolute Gasteiger partial charge is 0.220 e. The van der Waals surface area contributed by atoms with Gasteiger partial charge in [0.2, 0.25) is 11.8 Å². The molecule has 1 unspecified atom stereocenters. The number of amides is 2. The van der Waals surface area contributed by atoms with Crippen LogP contribution < -0.4 is 11.1 Å². The van der Waals surface area contributed by atoms with E-state index in [2.05, 4.69) is 5.32 Å². The summed E-state index contributed by atoms with van der Waals surface area (Å²) in [6, 6.07) is 0.284. The van der Waals surface area contributed by atoms with Crippen LogP contribution in [0.5, 0.6) is 0 Å². The van der Waals surface area contributed by atoms with Gasteiger partial charge in [0.25, 0.3) is 0 Å². The Morgan fingerprint density at radius 1 is 1.41 bits per heavy atom. The Labute approximate surface area is 103 Å². The minimum atomic E-state index is 0.0697. The Kier molecular flexibility index (Phi) is 5.41. The Balaban J connectivity index is 2.21. The fraction of sp³-hybridized carbons (Fsp3) is 0.833. The van der Waals surface area contributed by atoms with Crippen molar-refractivity contribution in [1.29, 1.82) is 0 Å². The molecule has 0 aliphatic carbocycles. The van der Waals surface area contributed by atoms with Crippen molar-refractivity contribution in [1.82, 2.24) is 10.2 Å². The number of carbonyl (C=O) groups is 2. The van der Waals surface area contributed by atoms with Crippen molar-refractivity contribution in [2.45, 2.75) is 51.6 Å². The first-order valence-electron chi connectivity index (χ1n) is 6.29. The van der Waals surface area contributed by atoms with E-state index in [-0.39, 0.29) is 23.9 Å². The van der Waals surface area contributed by atoms with Crippen molar-refractivity contribution >= 4 is 11.8 Å².